The highest BCUT2D eigenvalue weighted by Gasteiger charge is 2.32. The van der Waals surface area contributed by atoms with Gasteiger partial charge in [0.05, 0.1) is 6.54 Å². The molecule has 5 nitrogen and oxygen atoms in total. The predicted molar refractivity (Wildman–Crippen MR) is 76.6 cm³/mol. The second-order valence-corrected chi connectivity index (χ2v) is 7.53. The first-order chi connectivity index (χ1) is 8.97. The molecule has 1 saturated carbocycles. The number of hydrogen-bond donors (Lipinski definition) is 2. The van der Waals surface area contributed by atoms with Crippen LogP contribution in [0.5, 0.6) is 0 Å². The Morgan fingerprint density at radius 3 is 2.84 bits per heavy atom. The average Bonchev–Trinajstić information content (AvgIpc) is 2.95. The Balaban J connectivity index is 2.20. The molecule has 0 spiro atoms. The number of furan rings is 1. The highest BCUT2D eigenvalue weighted by Crippen LogP contribution is 2.30. The van der Waals surface area contributed by atoms with Gasteiger partial charge >= 0.3 is 0 Å². The lowest BCUT2D eigenvalue weighted by atomic mass is 10.3. The summed E-state index contributed by atoms with van der Waals surface area (Å²) in [6.45, 7) is 1.85. The molecule has 0 aliphatic heterocycles. The van der Waals surface area contributed by atoms with E-state index in [0.29, 0.717) is 16.8 Å². The SMILES string of the molecule is CSC1CCCC1NS(=O)(=O)c1cc(CN)oc1C. The van der Waals surface area contributed by atoms with Crippen LogP contribution < -0.4 is 10.5 Å². The van der Waals surface area contributed by atoms with E-state index in [1.807, 2.05) is 6.26 Å². The second-order valence-electron chi connectivity index (χ2n) is 4.77. The summed E-state index contributed by atoms with van der Waals surface area (Å²) < 4.78 is 32.9. The molecule has 0 amide bonds. The van der Waals surface area contributed by atoms with Gasteiger partial charge in [0, 0.05) is 17.4 Å². The molecule has 7 heteroatoms. The lowest BCUT2D eigenvalue weighted by Gasteiger charge is -2.18. The van der Waals surface area contributed by atoms with Gasteiger partial charge in [0.15, 0.2) is 0 Å². The maximum absolute atomic E-state index is 12.4. The van der Waals surface area contributed by atoms with Crippen molar-refractivity contribution >= 4 is 21.8 Å². The van der Waals surface area contributed by atoms with Crippen LogP contribution in [-0.4, -0.2) is 26.0 Å². The van der Waals surface area contributed by atoms with Crippen molar-refractivity contribution in [3.05, 3.63) is 17.6 Å². The van der Waals surface area contributed by atoms with Crippen molar-refractivity contribution in [1.82, 2.24) is 4.72 Å². The van der Waals surface area contributed by atoms with Crippen LogP contribution in [0.4, 0.5) is 0 Å². The highest BCUT2D eigenvalue weighted by molar-refractivity contribution is 7.99. The van der Waals surface area contributed by atoms with E-state index in [9.17, 15) is 8.42 Å². The van der Waals surface area contributed by atoms with Gasteiger partial charge < -0.3 is 10.2 Å². The standard InChI is InChI=1S/C12H20N2O3S2/c1-8-12(6-9(7-13)17-8)19(15,16)14-10-4-3-5-11(10)18-2/h6,10-11,14H,3-5,7,13H2,1-2H3. The third-order valence-corrected chi connectivity index (χ3v) is 6.24. The van der Waals surface area contributed by atoms with E-state index in [4.69, 9.17) is 10.2 Å². The van der Waals surface area contributed by atoms with Gasteiger partial charge in [0.25, 0.3) is 0 Å². The Morgan fingerprint density at radius 1 is 1.53 bits per heavy atom. The topological polar surface area (TPSA) is 85.3 Å². The van der Waals surface area contributed by atoms with Crippen molar-refractivity contribution in [2.24, 2.45) is 5.73 Å². The predicted octanol–water partition coefficient (Wildman–Crippen LogP) is 1.61. The maximum Gasteiger partial charge on any atom is 0.244 e. The lowest BCUT2D eigenvalue weighted by molar-refractivity contribution is 0.478. The molecule has 108 valence electrons. The van der Waals surface area contributed by atoms with Crippen LogP contribution in [0.2, 0.25) is 0 Å². The lowest BCUT2D eigenvalue weighted by Crippen LogP contribution is -2.38. The van der Waals surface area contributed by atoms with Crippen molar-refractivity contribution in [3.8, 4) is 0 Å². The molecule has 0 aromatic carbocycles. The van der Waals surface area contributed by atoms with Crippen molar-refractivity contribution < 1.29 is 12.8 Å². The minimum Gasteiger partial charge on any atom is -0.464 e. The van der Waals surface area contributed by atoms with Gasteiger partial charge in [0.2, 0.25) is 10.0 Å². The van der Waals surface area contributed by atoms with E-state index in [2.05, 4.69) is 4.72 Å². The second kappa shape index (κ2) is 5.87. The Bertz CT molecular complexity index is 539. The molecule has 1 aliphatic rings. The molecule has 3 N–H and O–H groups in total. The summed E-state index contributed by atoms with van der Waals surface area (Å²) in [6.07, 6.45) is 5.04. The molecule has 2 unspecified atom stereocenters. The van der Waals surface area contributed by atoms with Crippen LogP contribution in [-0.2, 0) is 16.6 Å². The van der Waals surface area contributed by atoms with E-state index < -0.39 is 10.0 Å². The quantitative estimate of drug-likeness (QED) is 0.863. The highest BCUT2D eigenvalue weighted by atomic mass is 32.2. The molecule has 2 rings (SSSR count). The number of aryl methyl sites for hydroxylation is 1. The molecule has 2 atom stereocenters. The van der Waals surface area contributed by atoms with Crippen LogP contribution in [0.25, 0.3) is 0 Å². The number of sulfonamides is 1. The Morgan fingerprint density at radius 2 is 2.26 bits per heavy atom. The average molecular weight is 304 g/mol. The van der Waals surface area contributed by atoms with Crippen molar-refractivity contribution in [1.29, 1.82) is 0 Å². The zero-order valence-electron chi connectivity index (χ0n) is 11.2. The van der Waals surface area contributed by atoms with Crippen molar-refractivity contribution in [2.45, 2.75) is 48.9 Å². The van der Waals surface area contributed by atoms with Crippen LogP contribution in [0, 0.1) is 6.92 Å². The zero-order chi connectivity index (χ0) is 14.0. The van der Waals surface area contributed by atoms with E-state index >= 15 is 0 Å². The molecule has 1 fully saturated rings. The summed E-state index contributed by atoms with van der Waals surface area (Å²) in [6, 6.07) is 1.52. The Hall–Kier alpha value is -0.500. The molecule has 1 aromatic heterocycles. The largest absolute Gasteiger partial charge is 0.464 e. The van der Waals surface area contributed by atoms with Crippen molar-refractivity contribution in [2.75, 3.05) is 6.26 Å². The summed E-state index contributed by atoms with van der Waals surface area (Å²) in [5.41, 5.74) is 5.47. The normalized spacial score (nSPS) is 23.9. The van der Waals surface area contributed by atoms with Gasteiger partial charge in [-0.1, -0.05) is 6.42 Å². The minimum atomic E-state index is -3.52. The summed E-state index contributed by atoms with van der Waals surface area (Å²) in [5.74, 6) is 0.886. The minimum absolute atomic E-state index is 0.00984. The first-order valence-electron chi connectivity index (χ1n) is 6.32. The summed E-state index contributed by atoms with van der Waals surface area (Å²) in [7, 11) is -3.52. The van der Waals surface area contributed by atoms with Gasteiger partial charge in [-0.3, -0.25) is 0 Å². The molecule has 0 bridgehead atoms. The van der Waals surface area contributed by atoms with Gasteiger partial charge in [-0.2, -0.15) is 11.8 Å². The molecule has 1 aromatic rings. The van der Waals surface area contributed by atoms with E-state index in [0.717, 1.165) is 19.3 Å². The summed E-state index contributed by atoms with van der Waals surface area (Å²) >= 11 is 1.72. The number of rotatable bonds is 5. The van der Waals surface area contributed by atoms with Crippen molar-refractivity contribution in [3.63, 3.8) is 0 Å². The molecule has 1 aliphatic carbocycles. The number of nitrogens with one attached hydrogen (secondary N) is 1. The maximum atomic E-state index is 12.4. The number of thioether (sulfide) groups is 1. The van der Waals surface area contributed by atoms with Crippen LogP contribution >= 0.6 is 11.8 Å². The molecular weight excluding hydrogens is 284 g/mol. The fourth-order valence-corrected chi connectivity index (χ4v) is 5.03. The van der Waals surface area contributed by atoms with Gasteiger partial charge in [0.1, 0.15) is 16.4 Å². The number of nitrogens with two attached hydrogens (primary N) is 1. The van der Waals surface area contributed by atoms with Crippen LogP contribution in [0.1, 0.15) is 30.8 Å². The Labute approximate surface area is 118 Å². The smallest absolute Gasteiger partial charge is 0.244 e. The molecule has 1 heterocycles. The molecular formula is C12H20N2O3S2. The summed E-state index contributed by atoms with van der Waals surface area (Å²) in [5, 5.41) is 0.357. The first-order valence-corrected chi connectivity index (χ1v) is 9.09. The molecule has 0 radical (unpaired) electrons. The third kappa shape index (κ3) is 3.16. The fraction of sp³-hybridized carbons (Fsp3) is 0.667. The van der Waals surface area contributed by atoms with Gasteiger partial charge in [-0.15, -0.1) is 0 Å². The van der Waals surface area contributed by atoms with Gasteiger partial charge in [-0.05, 0) is 26.0 Å². The van der Waals surface area contributed by atoms with E-state index in [1.54, 1.807) is 18.7 Å². The third-order valence-electron chi connectivity index (χ3n) is 3.48. The fourth-order valence-electron chi connectivity index (χ4n) is 2.50. The van der Waals surface area contributed by atoms with E-state index in [-0.39, 0.29) is 17.5 Å². The van der Waals surface area contributed by atoms with Gasteiger partial charge in [-0.25, -0.2) is 13.1 Å². The Kier molecular flexibility index (Phi) is 4.60. The monoisotopic (exact) mass is 304 g/mol. The zero-order valence-corrected chi connectivity index (χ0v) is 12.8. The number of hydrogen-bond acceptors (Lipinski definition) is 5. The molecule has 0 saturated heterocycles. The van der Waals surface area contributed by atoms with E-state index in [1.165, 1.54) is 6.07 Å². The van der Waals surface area contributed by atoms with Crippen LogP contribution in [0.3, 0.4) is 0 Å². The molecule has 19 heavy (non-hydrogen) atoms. The first kappa shape index (κ1) is 14.9. The summed E-state index contributed by atoms with van der Waals surface area (Å²) in [4.78, 5) is 0.208. The van der Waals surface area contributed by atoms with Crippen LogP contribution in [0.15, 0.2) is 15.4 Å².